The molecule has 3 rings (SSSR count). The molecule has 0 spiro atoms. The molecule has 0 atom stereocenters. The van der Waals surface area contributed by atoms with E-state index in [-0.39, 0.29) is 24.0 Å². The van der Waals surface area contributed by atoms with Gasteiger partial charge in [0, 0.05) is 51.0 Å². The summed E-state index contributed by atoms with van der Waals surface area (Å²) >= 11 is 0. The number of hydrogen-bond donors (Lipinski definition) is 2. The highest BCUT2D eigenvalue weighted by atomic mass is 127. The van der Waals surface area contributed by atoms with Crippen LogP contribution in [0.25, 0.3) is 11.6 Å². The van der Waals surface area contributed by atoms with Crippen LogP contribution in [0.2, 0.25) is 0 Å². The van der Waals surface area contributed by atoms with E-state index in [9.17, 15) is 0 Å². The van der Waals surface area contributed by atoms with Gasteiger partial charge in [-0.3, -0.25) is 9.98 Å². The average Bonchev–Trinajstić information content (AvgIpc) is 3.29. The molecule has 32 heavy (non-hydrogen) atoms. The summed E-state index contributed by atoms with van der Waals surface area (Å²) in [5.74, 6) is 1.89. The first kappa shape index (κ1) is 25.6. The molecule has 8 nitrogen and oxygen atoms in total. The van der Waals surface area contributed by atoms with Crippen LogP contribution in [-0.2, 0) is 6.42 Å². The largest absolute Gasteiger partial charge is 0.372 e. The topological polar surface area (TPSA) is 91.5 Å². The Morgan fingerprint density at radius 2 is 1.88 bits per heavy atom. The molecule has 0 unspecified atom stereocenters. The molecule has 1 aromatic carbocycles. The second-order valence-electron chi connectivity index (χ2n) is 6.94. The van der Waals surface area contributed by atoms with Crippen LogP contribution in [0, 0.1) is 0 Å². The Kier molecular flexibility index (Phi) is 11.5. The Bertz CT molecular complexity index is 918. The van der Waals surface area contributed by atoms with Gasteiger partial charge in [-0.15, -0.1) is 24.0 Å². The van der Waals surface area contributed by atoms with E-state index in [0.29, 0.717) is 30.4 Å². The van der Waals surface area contributed by atoms with E-state index in [4.69, 9.17) is 9.52 Å². The summed E-state index contributed by atoms with van der Waals surface area (Å²) in [6.45, 7) is 8.43. The van der Waals surface area contributed by atoms with Crippen molar-refractivity contribution in [2.45, 2.75) is 26.7 Å². The van der Waals surface area contributed by atoms with Crippen molar-refractivity contribution in [2.75, 3.05) is 37.6 Å². The molecule has 0 bridgehead atoms. The van der Waals surface area contributed by atoms with Crippen LogP contribution in [0.1, 0.15) is 26.1 Å². The van der Waals surface area contributed by atoms with E-state index in [2.05, 4.69) is 68.8 Å². The highest BCUT2D eigenvalue weighted by Gasteiger charge is 2.09. The summed E-state index contributed by atoms with van der Waals surface area (Å²) in [5.41, 5.74) is 1.94. The van der Waals surface area contributed by atoms with Gasteiger partial charge in [0.1, 0.15) is 5.69 Å². The minimum Gasteiger partial charge on any atom is -0.372 e. The molecule has 0 fully saturated rings. The van der Waals surface area contributed by atoms with Crippen molar-refractivity contribution in [2.24, 2.45) is 4.99 Å². The van der Waals surface area contributed by atoms with Crippen molar-refractivity contribution < 1.29 is 4.52 Å². The highest BCUT2D eigenvalue weighted by molar-refractivity contribution is 14.0. The van der Waals surface area contributed by atoms with E-state index in [1.165, 1.54) is 5.69 Å². The molecule has 0 aliphatic carbocycles. The van der Waals surface area contributed by atoms with Crippen LogP contribution < -0.4 is 15.5 Å². The van der Waals surface area contributed by atoms with Gasteiger partial charge in [-0.1, -0.05) is 29.4 Å². The molecule has 0 amide bonds. The lowest BCUT2D eigenvalue weighted by Crippen LogP contribution is -2.38. The number of guanidine groups is 1. The summed E-state index contributed by atoms with van der Waals surface area (Å²) in [4.78, 5) is 15.7. The normalized spacial score (nSPS) is 11.0. The summed E-state index contributed by atoms with van der Waals surface area (Å²) in [7, 11) is 0. The fourth-order valence-corrected chi connectivity index (χ4v) is 3.14. The number of halogens is 1. The second-order valence-corrected chi connectivity index (χ2v) is 6.94. The number of anilines is 1. The molecule has 0 saturated carbocycles. The van der Waals surface area contributed by atoms with Crippen LogP contribution in [0.3, 0.4) is 0 Å². The third kappa shape index (κ3) is 8.10. The number of rotatable bonds is 11. The lowest BCUT2D eigenvalue weighted by atomic mass is 10.2. The molecule has 172 valence electrons. The van der Waals surface area contributed by atoms with Crippen molar-refractivity contribution in [1.82, 2.24) is 25.8 Å². The maximum absolute atomic E-state index is 5.30. The van der Waals surface area contributed by atoms with Gasteiger partial charge in [-0.25, -0.2) is 0 Å². The van der Waals surface area contributed by atoms with E-state index in [1.54, 1.807) is 6.20 Å². The average molecular weight is 549 g/mol. The summed E-state index contributed by atoms with van der Waals surface area (Å²) in [6, 6.07) is 16.1. The zero-order chi connectivity index (χ0) is 21.7. The zero-order valence-corrected chi connectivity index (χ0v) is 21.0. The molecule has 9 heteroatoms. The van der Waals surface area contributed by atoms with Crippen LogP contribution in [-0.4, -0.2) is 53.8 Å². The van der Waals surface area contributed by atoms with Gasteiger partial charge in [0.15, 0.2) is 11.8 Å². The molecule has 2 aromatic heterocycles. The third-order valence-electron chi connectivity index (χ3n) is 4.70. The lowest BCUT2D eigenvalue weighted by Gasteiger charge is -2.22. The molecular weight excluding hydrogens is 517 g/mol. The predicted octanol–water partition coefficient (Wildman–Crippen LogP) is 3.76. The Balaban J connectivity index is 0.00000363. The Morgan fingerprint density at radius 1 is 1.06 bits per heavy atom. The molecule has 0 radical (unpaired) electrons. The standard InChI is InChI=1S/C23H31N7O.HI/c1-3-24-23(26-16-10-18-30(4-2)19-11-6-5-7-12-19)27-17-14-21-28-22(31-29-21)20-13-8-9-15-25-20;/h5-9,11-13,15H,3-4,10,14,16-18H2,1-2H3,(H2,24,26,27);1H. The number of aromatic nitrogens is 3. The quantitative estimate of drug-likeness (QED) is 0.163. The van der Waals surface area contributed by atoms with E-state index < -0.39 is 0 Å². The molecular formula is C23H32IN7O. The lowest BCUT2D eigenvalue weighted by molar-refractivity contribution is 0.421. The minimum absolute atomic E-state index is 0. The van der Waals surface area contributed by atoms with Gasteiger partial charge < -0.3 is 20.1 Å². The van der Waals surface area contributed by atoms with Crippen molar-refractivity contribution in [1.29, 1.82) is 0 Å². The second kappa shape index (κ2) is 14.4. The highest BCUT2D eigenvalue weighted by Crippen LogP contribution is 2.14. The number of aliphatic imine (C=N–C) groups is 1. The number of para-hydroxylation sites is 1. The fourth-order valence-electron chi connectivity index (χ4n) is 3.14. The van der Waals surface area contributed by atoms with Gasteiger partial charge in [-0.2, -0.15) is 4.98 Å². The third-order valence-corrected chi connectivity index (χ3v) is 4.70. The number of nitrogens with zero attached hydrogens (tertiary/aromatic N) is 5. The van der Waals surface area contributed by atoms with Gasteiger partial charge in [0.2, 0.25) is 0 Å². The van der Waals surface area contributed by atoms with Gasteiger partial charge in [0.05, 0.1) is 0 Å². The number of nitrogens with one attached hydrogen (secondary N) is 2. The number of benzene rings is 1. The molecule has 2 N–H and O–H groups in total. The Hall–Kier alpha value is -2.69. The number of hydrogen-bond acceptors (Lipinski definition) is 6. The number of pyridine rings is 1. The maximum Gasteiger partial charge on any atom is 0.276 e. The first-order valence-electron chi connectivity index (χ1n) is 10.9. The first-order chi connectivity index (χ1) is 15.3. The smallest absolute Gasteiger partial charge is 0.276 e. The zero-order valence-electron chi connectivity index (χ0n) is 18.7. The predicted molar refractivity (Wildman–Crippen MR) is 140 cm³/mol. The molecule has 3 aromatic rings. The van der Waals surface area contributed by atoms with Crippen LogP contribution >= 0.6 is 24.0 Å². The molecule has 0 aliphatic rings. The summed E-state index contributed by atoms with van der Waals surface area (Å²) in [6.07, 6.45) is 3.33. The van der Waals surface area contributed by atoms with Gasteiger partial charge >= 0.3 is 0 Å². The van der Waals surface area contributed by atoms with Gasteiger partial charge in [-0.05, 0) is 44.5 Å². The first-order valence-corrected chi connectivity index (χ1v) is 10.9. The van der Waals surface area contributed by atoms with Crippen LogP contribution in [0.4, 0.5) is 5.69 Å². The van der Waals surface area contributed by atoms with E-state index in [1.807, 2.05) is 24.3 Å². The van der Waals surface area contributed by atoms with Crippen molar-refractivity contribution in [3.63, 3.8) is 0 Å². The Labute approximate surface area is 206 Å². The molecule has 2 heterocycles. The van der Waals surface area contributed by atoms with E-state index in [0.717, 1.165) is 38.6 Å². The van der Waals surface area contributed by atoms with Crippen molar-refractivity contribution >= 4 is 35.6 Å². The monoisotopic (exact) mass is 549 g/mol. The maximum atomic E-state index is 5.30. The van der Waals surface area contributed by atoms with E-state index >= 15 is 0 Å². The summed E-state index contributed by atoms with van der Waals surface area (Å²) in [5, 5.41) is 10.7. The molecule has 0 saturated heterocycles. The molecule has 0 aliphatic heterocycles. The van der Waals surface area contributed by atoms with Gasteiger partial charge in [0.25, 0.3) is 5.89 Å². The summed E-state index contributed by atoms with van der Waals surface area (Å²) < 4.78 is 5.30. The Morgan fingerprint density at radius 3 is 2.59 bits per heavy atom. The van der Waals surface area contributed by atoms with Crippen LogP contribution in [0.15, 0.2) is 64.2 Å². The van der Waals surface area contributed by atoms with Crippen LogP contribution in [0.5, 0.6) is 0 Å². The SMILES string of the molecule is CCNC(=NCCCN(CC)c1ccccc1)NCCc1noc(-c2ccccn2)n1.I. The fraction of sp³-hybridized carbons (Fsp3) is 0.391. The minimum atomic E-state index is 0. The van der Waals surface area contributed by atoms with Crippen molar-refractivity contribution in [3.05, 3.63) is 60.6 Å². The van der Waals surface area contributed by atoms with Crippen molar-refractivity contribution in [3.8, 4) is 11.6 Å².